The van der Waals surface area contributed by atoms with Crippen molar-refractivity contribution in [3.8, 4) is 0 Å². The molecule has 0 aromatic heterocycles. The summed E-state index contributed by atoms with van der Waals surface area (Å²) in [5.41, 5.74) is -2.05. The molecule has 4 heteroatoms. The number of Topliss-reactive ketones (excluding diaryl/α,β-unsaturated/α-hetero) is 2. The van der Waals surface area contributed by atoms with Crippen LogP contribution in [0, 0.1) is 11.8 Å². The smallest absolute Gasteiger partial charge is 0.139 e. The standard InChI is InChI=1S/C12H16O4/c13-7-1-3-11(15)5-6-12(16)4-2-8(14)10(11)9(7)12/h9-10,15-16H,1-6H2. The van der Waals surface area contributed by atoms with Gasteiger partial charge >= 0.3 is 0 Å². The van der Waals surface area contributed by atoms with Gasteiger partial charge in [-0.05, 0) is 25.7 Å². The highest BCUT2D eigenvalue weighted by Crippen LogP contribution is 2.54. The fourth-order valence-corrected chi connectivity index (χ4v) is 3.89. The van der Waals surface area contributed by atoms with Crippen LogP contribution in [-0.2, 0) is 9.59 Å². The zero-order valence-electron chi connectivity index (χ0n) is 9.11. The number of ketones is 2. The van der Waals surface area contributed by atoms with Crippen molar-refractivity contribution in [1.29, 1.82) is 0 Å². The number of carbonyl (C=O) groups excluding carboxylic acids is 2. The first-order valence-electron chi connectivity index (χ1n) is 5.96. The highest BCUT2D eigenvalue weighted by molar-refractivity contribution is 5.94. The van der Waals surface area contributed by atoms with Gasteiger partial charge in [0.1, 0.15) is 11.6 Å². The van der Waals surface area contributed by atoms with Gasteiger partial charge in [0.2, 0.25) is 0 Å². The lowest BCUT2D eigenvalue weighted by molar-refractivity contribution is -0.204. The van der Waals surface area contributed by atoms with E-state index in [1.165, 1.54) is 0 Å². The molecule has 0 aromatic carbocycles. The van der Waals surface area contributed by atoms with Crippen LogP contribution in [0.4, 0.5) is 0 Å². The summed E-state index contributed by atoms with van der Waals surface area (Å²) in [6.07, 6.45) is 2.26. The fraction of sp³-hybridized carbons (Fsp3) is 0.833. The Morgan fingerprint density at radius 3 is 1.56 bits per heavy atom. The van der Waals surface area contributed by atoms with Crippen LogP contribution in [0.25, 0.3) is 0 Å². The molecular weight excluding hydrogens is 208 g/mol. The molecule has 4 atom stereocenters. The molecule has 0 amide bonds. The van der Waals surface area contributed by atoms with E-state index in [1.54, 1.807) is 0 Å². The van der Waals surface area contributed by atoms with Gasteiger partial charge in [0, 0.05) is 12.8 Å². The maximum Gasteiger partial charge on any atom is 0.139 e. The summed E-state index contributed by atoms with van der Waals surface area (Å²) in [5.74, 6) is -1.35. The molecule has 0 radical (unpaired) electrons. The quantitative estimate of drug-likeness (QED) is 0.616. The summed E-state index contributed by atoms with van der Waals surface area (Å²) in [6.45, 7) is 0. The fourth-order valence-electron chi connectivity index (χ4n) is 3.89. The molecule has 3 saturated carbocycles. The summed E-state index contributed by atoms with van der Waals surface area (Å²) < 4.78 is 0. The molecule has 4 bridgehead atoms. The summed E-state index contributed by atoms with van der Waals surface area (Å²) in [6, 6.07) is 0. The Bertz CT molecular complexity index is 341. The summed E-state index contributed by atoms with van der Waals surface area (Å²) in [5, 5.41) is 20.9. The van der Waals surface area contributed by atoms with E-state index < -0.39 is 23.0 Å². The molecule has 16 heavy (non-hydrogen) atoms. The SMILES string of the molecule is O=C1CCC2(O)CCC3(O)CCC(=O)C2C13. The third-order valence-electron chi connectivity index (χ3n) is 4.78. The molecule has 3 aliphatic carbocycles. The number of rotatable bonds is 0. The molecule has 3 aliphatic rings. The van der Waals surface area contributed by atoms with Crippen LogP contribution in [0.2, 0.25) is 0 Å². The first-order valence-corrected chi connectivity index (χ1v) is 5.96. The summed E-state index contributed by atoms with van der Waals surface area (Å²) in [4.78, 5) is 23.8. The van der Waals surface area contributed by atoms with E-state index in [0.29, 0.717) is 38.5 Å². The number of hydrogen-bond donors (Lipinski definition) is 2. The van der Waals surface area contributed by atoms with Crippen LogP contribution in [0.5, 0.6) is 0 Å². The van der Waals surface area contributed by atoms with Crippen molar-refractivity contribution in [1.82, 2.24) is 0 Å². The Hall–Kier alpha value is -0.740. The minimum atomic E-state index is -1.03. The van der Waals surface area contributed by atoms with E-state index >= 15 is 0 Å². The monoisotopic (exact) mass is 224 g/mol. The van der Waals surface area contributed by atoms with Gasteiger partial charge in [-0.3, -0.25) is 9.59 Å². The highest BCUT2D eigenvalue weighted by atomic mass is 16.3. The van der Waals surface area contributed by atoms with Crippen LogP contribution >= 0.6 is 0 Å². The van der Waals surface area contributed by atoms with Crippen molar-refractivity contribution in [3.63, 3.8) is 0 Å². The van der Waals surface area contributed by atoms with Gasteiger partial charge in [0.25, 0.3) is 0 Å². The first kappa shape index (κ1) is 10.4. The normalized spacial score (nSPS) is 51.6. The molecular formula is C12H16O4. The van der Waals surface area contributed by atoms with Crippen molar-refractivity contribution in [2.75, 3.05) is 0 Å². The molecule has 0 aromatic rings. The molecule has 3 fully saturated rings. The summed E-state index contributed by atoms with van der Waals surface area (Å²) in [7, 11) is 0. The second-order valence-electron chi connectivity index (χ2n) is 5.60. The average molecular weight is 224 g/mol. The maximum atomic E-state index is 11.9. The van der Waals surface area contributed by atoms with E-state index in [2.05, 4.69) is 0 Å². The largest absolute Gasteiger partial charge is 0.389 e. The van der Waals surface area contributed by atoms with Crippen LogP contribution in [-0.4, -0.2) is 33.0 Å². The number of carbonyl (C=O) groups is 2. The second-order valence-corrected chi connectivity index (χ2v) is 5.60. The third-order valence-corrected chi connectivity index (χ3v) is 4.78. The number of hydrogen-bond acceptors (Lipinski definition) is 4. The predicted molar refractivity (Wildman–Crippen MR) is 54.6 cm³/mol. The molecule has 4 nitrogen and oxygen atoms in total. The molecule has 0 saturated heterocycles. The Balaban J connectivity index is 2.11. The van der Waals surface area contributed by atoms with E-state index in [0.717, 1.165) is 0 Å². The van der Waals surface area contributed by atoms with E-state index in [4.69, 9.17) is 0 Å². The molecule has 0 aliphatic heterocycles. The average Bonchev–Trinajstić information content (AvgIpc) is 2.25. The third kappa shape index (κ3) is 1.12. The van der Waals surface area contributed by atoms with Gasteiger partial charge in [0.05, 0.1) is 23.0 Å². The zero-order chi connectivity index (χ0) is 11.6. The van der Waals surface area contributed by atoms with Gasteiger partial charge in [-0.25, -0.2) is 0 Å². The molecule has 0 spiro atoms. The Labute approximate surface area is 93.6 Å². The highest BCUT2D eigenvalue weighted by Gasteiger charge is 2.64. The lowest BCUT2D eigenvalue weighted by Crippen LogP contribution is -2.66. The van der Waals surface area contributed by atoms with Crippen molar-refractivity contribution >= 4 is 11.6 Å². The minimum Gasteiger partial charge on any atom is -0.389 e. The first-order chi connectivity index (χ1) is 7.46. The second kappa shape index (κ2) is 2.93. The van der Waals surface area contributed by atoms with Crippen molar-refractivity contribution < 1.29 is 19.8 Å². The molecule has 2 N–H and O–H groups in total. The Kier molecular flexibility index (Phi) is 1.91. The van der Waals surface area contributed by atoms with E-state index in [9.17, 15) is 19.8 Å². The maximum absolute atomic E-state index is 11.9. The van der Waals surface area contributed by atoms with Crippen molar-refractivity contribution in [3.05, 3.63) is 0 Å². The summed E-state index contributed by atoms with van der Waals surface area (Å²) >= 11 is 0. The van der Waals surface area contributed by atoms with Crippen LogP contribution < -0.4 is 0 Å². The van der Waals surface area contributed by atoms with Gasteiger partial charge < -0.3 is 10.2 Å². The van der Waals surface area contributed by atoms with E-state index in [-0.39, 0.29) is 11.6 Å². The molecule has 88 valence electrons. The zero-order valence-corrected chi connectivity index (χ0v) is 9.11. The van der Waals surface area contributed by atoms with Gasteiger partial charge in [-0.1, -0.05) is 0 Å². The van der Waals surface area contributed by atoms with E-state index in [1.807, 2.05) is 0 Å². The molecule has 4 unspecified atom stereocenters. The van der Waals surface area contributed by atoms with Crippen molar-refractivity contribution in [2.24, 2.45) is 11.8 Å². The molecule has 3 rings (SSSR count). The topological polar surface area (TPSA) is 74.6 Å². The minimum absolute atomic E-state index is 0.0371. The van der Waals surface area contributed by atoms with Crippen LogP contribution in [0.15, 0.2) is 0 Å². The Morgan fingerprint density at radius 1 is 0.812 bits per heavy atom. The lowest BCUT2D eigenvalue weighted by Gasteiger charge is -2.56. The van der Waals surface area contributed by atoms with Crippen LogP contribution in [0.3, 0.4) is 0 Å². The lowest BCUT2D eigenvalue weighted by atomic mass is 9.50. The van der Waals surface area contributed by atoms with Crippen molar-refractivity contribution in [2.45, 2.75) is 49.7 Å². The van der Waals surface area contributed by atoms with Gasteiger partial charge in [0.15, 0.2) is 0 Å². The Morgan fingerprint density at radius 2 is 1.19 bits per heavy atom. The van der Waals surface area contributed by atoms with Gasteiger partial charge in [-0.2, -0.15) is 0 Å². The van der Waals surface area contributed by atoms with Crippen LogP contribution in [0.1, 0.15) is 38.5 Å². The molecule has 0 heterocycles. The van der Waals surface area contributed by atoms with Gasteiger partial charge in [-0.15, -0.1) is 0 Å². The number of aliphatic hydroxyl groups is 2. The predicted octanol–water partition coefficient (Wildman–Crippen LogP) is 0.201.